The van der Waals surface area contributed by atoms with Gasteiger partial charge in [0.05, 0.1) is 36.4 Å². The molecule has 2 aliphatic carbocycles. The molecule has 0 unspecified atom stereocenters. The number of morpholine rings is 1. The average molecular weight is 426 g/mol. The molecule has 2 saturated carbocycles. The molecule has 1 saturated heterocycles. The van der Waals surface area contributed by atoms with Crippen molar-refractivity contribution in [2.24, 2.45) is 23.7 Å². The van der Waals surface area contributed by atoms with Gasteiger partial charge >= 0.3 is 5.97 Å². The number of carbonyl (C=O) groups is 2. The Bertz CT molecular complexity index is 1070. The Kier molecular flexibility index (Phi) is 4.92. The lowest BCUT2D eigenvalue weighted by Crippen LogP contribution is -2.38. The van der Waals surface area contributed by atoms with Crippen LogP contribution in [0.15, 0.2) is 27.9 Å². The molecule has 3 fully saturated rings. The first kappa shape index (κ1) is 20.0. The second-order valence-corrected chi connectivity index (χ2v) is 8.82. The van der Waals surface area contributed by atoms with E-state index in [-0.39, 0.29) is 17.7 Å². The molecule has 5 rings (SSSR count). The minimum atomic E-state index is -0.901. The number of ether oxygens (including phenoxy) is 1. The molecule has 1 aromatic heterocycles. The summed E-state index contributed by atoms with van der Waals surface area (Å²) in [6.45, 7) is 6.77. The molecule has 2 heterocycles. The van der Waals surface area contributed by atoms with Gasteiger partial charge in [0, 0.05) is 13.1 Å². The zero-order valence-corrected chi connectivity index (χ0v) is 17.6. The minimum absolute atomic E-state index is 0.0188. The summed E-state index contributed by atoms with van der Waals surface area (Å²) in [7, 11) is 0. The van der Waals surface area contributed by atoms with E-state index in [1.54, 1.807) is 6.07 Å². The fourth-order valence-electron chi connectivity index (χ4n) is 5.83. The molecule has 31 heavy (non-hydrogen) atoms. The van der Waals surface area contributed by atoms with Gasteiger partial charge in [-0.25, -0.2) is 4.63 Å². The van der Waals surface area contributed by atoms with Crippen LogP contribution in [0.4, 0.5) is 11.4 Å². The number of aromatic nitrogens is 2. The van der Waals surface area contributed by atoms with Gasteiger partial charge in [-0.3, -0.25) is 9.59 Å². The topological polar surface area (TPSA) is 118 Å². The molecule has 9 nitrogen and oxygen atoms in total. The van der Waals surface area contributed by atoms with Crippen LogP contribution in [0.1, 0.15) is 26.7 Å². The van der Waals surface area contributed by atoms with Crippen LogP contribution in [0.3, 0.4) is 0 Å². The summed E-state index contributed by atoms with van der Waals surface area (Å²) >= 11 is 0. The van der Waals surface area contributed by atoms with Crippen molar-refractivity contribution in [1.29, 1.82) is 0 Å². The quantitative estimate of drug-likeness (QED) is 0.717. The summed E-state index contributed by atoms with van der Waals surface area (Å²) in [4.78, 5) is 27.6. The number of carboxylic acid groups (broad SMARTS) is 1. The van der Waals surface area contributed by atoms with Crippen LogP contribution in [0, 0.1) is 23.7 Å². The fourth-order valence-corrected chi connectivity index (χ4v) is 5.83. The van der Waals surface area contributed by atoms with E-state index in [9.17, 15) is 14.7 Å². The van der Waals surface area contributed by atoms with Gasteiger partial charge in [-0.2, -0.15) is 0 Å². The third-order valence-electron chi connectivity index (χ3n) is 7.01. The van der Waals surface area contributed by atoms with Crippen molar-refractivity contribution in [3.63, 3.8) is 0 Å². The lowest BCUT2D eigenvalue weighted by atomic mass is 9.78. The van der Waals surface area contributed by atoms with Crippen LogP contribution >= 0.6 is 0 Å². The van der Waals surface area contributed by atoms with Crippen molar-refractivity contribution in [3.8, 4) is 0 Å². The van der Waals surface area contributed by atoms with E-state index >= 15 is 0 Å². The van der Waals surface area contributed by atoms with E-state index in [0.29, 0.717) is 29.9 Å². The van der Waals surface area contributed by atoms with E-state index < -0.39 is 17.8 Å². The summed E-state index contributed by atoms with van der Waals surface area (Å²) in [5, 5.41) is 20.9. The maximum atomic E-state index is 13.3. The van der Waals surface area contributed by atoms with Crippen LogP contribution in [0.2, 0.25) is 0 Å². The zero-order chi connectivity index (χ0) is 21.7. The monoisotopic (exact) mass is 426 g/mol. The number of nitrogens with one attached hydrogen (secondary N) is 1. The summed E-state index contributed by atoms with van der Waals surface area (Å²) in [5.74, 6) is -2.53. The smallest absolute Gasteiger partial charge is 0.307 e. The second-order valence-electron chi connectivity index (χ2n) is 8.82. The van der Waals surface area contributed by atoms with Gasteiger partial charge in [-0.15, -0.1) is 0 Å². The van der Waals surface area contributed by atoms with E-state index in [1.807, 2.05) is 19.9 Å². The maximum Gasteiger partial charge on any atom is 0.307 e. The lowest BCUT2D eigenvalue weighted by Gasteiger charge is -2.29. The highest BCUT2D eigenvalue weighted by atomic mass is 16.6. The number of carboxylic acids is 1. The Morgan fingerprint density at radius 3 is 2.42 bits per heavy atom. The van der Waals surface area contributed by atoms with E-state index in [4.69, 9.17) is 9.37 Å². The summed E-state index contributed by atoms with van der Waals surface area (Å²) in [6.07, 6.45) is 1.68. The van der Waals surface area contributed by atoms with E-state index in [2.05, 4.69) is 20.5 Å². The number of hydrogen-bond donors (Lipinski definition) is 2. The van der Waals surface area contributed by atoms with Crippen LogP contribution in [0.5, 0.6) is 0 Å². The normalized spacial score (nSPS) is 27.7. The highest BCUT2D eigenvalue weighted by molar-refractivity contribution is 6.04. The highest BCUT2D eigenvalue weighted by Crippen LogP contribution is 2.57. The van der Waals surface area contributed by atoms with Gasteiger partial charge in [0.15, 0.2) is 11.0 Å². The van der Waals surface area contributed by atoms with Crippen LogP contribution < -0.4 is 10.2 Å². The second kappa shape index (κ2) is 7.64. The number of carbonyl (C=O) groups excluding carboxylic acids is 1. The van der Waals surface area contributed by atoms with Crippen molar-refractivity contribution >= 4 is 34.3 Å². The van der Waals surface area contributed by atoms with Crippen molar-refractivity contribution in [1.82, 2.24) is 10.3 Å². The molecule has 0 spiro atoms. The highest BCUT2D eigenvalue weighted by Gasteiger charge is 2.57. The van der Waals surface area contributed by atoms with Crippen molar-refractivity contribution < 1.29 is 24.1 Å². The van der Waals surface area contributed by atoms with Crippen molar-refractivity contribution in [2.75, 3.05) is 36.5 Å². The Labute approximate surface area is 179 Å². The number of hydrogen-bond acceptors (Lipinski definition) is 7. The van der Waals surface area contributed by atoms with Crippen LogP contribution in [0.25, 0.3) is 11.0 Å². The minimum Gasteiger partial charge on any atom is -0.481 e. The first-order valence-electron chi connectivity index (χ1n) is 10.8. The Hall–Kier alpha value is -2.94. The van der Waals surface area contributed by atoms with E-state index in [0.717, 1.165) is 42.8 Å². The van der Waals surface area contributed by atoms with Gasteiger partial charge in [-0.1, -0.05) is 11.1 Å². The molecule has 2 aromatic rings. The predicted octanol–water partition coefficient (Wildman–Crippen LogP) is 2.69. The molecule has 0 radical (unpaired) electrons. The van der Waals surface area contributed by atoms with E-state index in [1.165, 1.54) is 0 Å². The summed E-state index contributed by atoms with van der Waals surface area (Å²) < 4.78 is 10.4. The largest absolute Gasteiger partial charge is 0.481 e. The Balaban J connectivity index is 1.45. The first-order valence-corrected chi connectivity index (χ1v) is 10.8. The lowest BCUT2D eigenvalue weighted by molar-refractivity contribution is -0.148. The van der Waals surface area contributed by atoms with Crippen LogP contribution in [-0.4, -0.2) is 53.6 Å². The van der Waals surface area contributed by atoms with Crippen molar-refractivity contribution in [3.05, 3.63) is 23.3 Å². The average Bonchev–Trinajstić information content (AvgIpc) is 3.47. The predicted molar refractivity (Wildman–Crippen MR) is 113 cm³/mol. The SMILES string of the molecule is CC(C)=C1[C@H]2CC[C@@H]1[C@H](C(=O)O)[C@@H]2C(=O)Nc1ccc(N2CCOCC2)c2nonc12. The number of fused-ring (bicyclic) bond motifs is 3. The third-order valence-corrected chi connectivity index (χ3v) is 7.01. The molecule has 3 aliphatic rings. The molecular weight excluding hydrogens is 400 g/mol. The third kappa shape index (κ3) is 3.18. The number of nitrogens with zero attached hydrogens (tertiary/aromatic N) is 3. The molecule has 4 atom stereocenters. The number of aliphatic carboxylic acids is 1. The molecule has 164 valence electrons. The van der Waals surface area contributed by atoms with Gasteiger partial charge < -0.3 is 20.1 Å². The Morgan fingerprint density at radius 1 is 1.06 bits per heavy atom. The number of amides is 1. The number of rotatable bonds is 4. The molecule has 2 bridgehead atoms. The Morgan fingerprint density at radius 2 is 1.74 bits per heavy atom. The molecule has 1 aliphatic heterocycles. The number of allylic oxidation sites excluding steroid dienone is 2. The van der Waals surface area contributed by atoms with Gasteiger partial charge in [-0.05, 0) is 61.0 Å². The van der Waals surface area contributed by atoms with Gasteiger partial charge in [0.2, 0.25) is 5.91 Å². The van der Waals surface area contributed by atoms with Gasteiger partial charge in [0.1, 0.15) is 0 Å². The summed E-state index contributed by atoms with van der Waals surface area (Å²) in [5.41, 5.74) is 4.70. The van der Waals surface area contributed by atoms with Gasteiger partial charge in [0.25, 0.3) is 0 Å². The standard InChI is InChI=1S/C22H26N4O5/c1-11(2)16-12-3-4-13(16)18(22(28)29)17(12)21(27)23-14-5-6-15(20-19(14)24-31-25-20)26-7-9-30-10-8-26/h5-6,12-13,17-18H,3-4,7-10H2,1-2H3,(H,23,27)(H,28,29)/t12-,13+,17-,18+/m1/s1. The van der Waals surface area contributed by atoms with Crippen LogP contribution in [-0.2, 0) is 14.3 Å². The molecule has 9 heteroatoms. The molecular formula is C22H26N4O5. The number of anilines is 2. The maximum absolute atomic E-state index is 13.3. The first-order chi connectivity index (χ1) is 15.0. The number of benzene rings is 1. The summed E-state index contributed by atoms with van der Waals surface area (Å²) in [6, 6.07) is 3.69. The molecule has 1 amide bonds. The fraction of sp³-hybridized carbons (Fsp3) is 0.545. The molecule has 1 aromatic carbocycles. The zero-order valence-electron chi connectivity index (χ0n) is 17.6. The molecule has 2 N–H and O–H groups in total. The van der Waals surface area contributed by atoms with Crippen molar-refractivity contribution in [2.45, 2.75) is 26.7 Å².